The Bertz CT molecular complexity index is 505. The van der Waals surface area contributed by atoms with Gasteiger partial charge < -0.3 is 14.6 Å². The quantitative estimate of drug-likeness (QED) is 0.791. The molecule has 5 heteroatoms. The first-order valence-corrected chi connectivity index (χ1v) is 6.70. The van der Waals surface area contributed by atoms with Crippen LogP contribution in [0.15, 0.2) is 41.8 Å². The van der Waals surface area contributed by atoms with Gasteiger partial charge in [0.15, 0.2) is 0 Å². The molecular weight excluding hydrogens is 264 g/mol. The van der Waals surface area contributed by atoms with E-state index in [0.717, 1.165) is 0 Å². The molecule has 0 spiro atoms. The van der Waals surface area contributed by atoms with Crippen molar-refractivity contribution in [1.82, 2.24) is 0 Å². The minimum atomic E-state index is -0.939. The Labute approximate surface area is 115 Å². The number of ether oxygens (including phenoxy) is 2. The van der Waals surface area contributed by atoms with Crippen LogP contribution in [0.2, 0.25) is 0 Å². The summed E-state index contributed by atoms with van der Waals surface area (Å²) in [6, 6.07) is 10.3. The third-order valence-corrected chi connectivity index (χ3v) is 3.27. The maximum Gasteiger partial charge on any atom is 0.335 e. The molecule has 0 aliphatic carbocycles. The monoisotopic (exact) mass is 278 g/mol. The molecule has 0 fully saturated rings. The van der Waals surface area contributed by atoms with Gasteiger partial charge in [0.05, 0.1) is 18.8 Å². The van der Waals surface area contributed by atoms with Gasteiger partial charge in [0, 0.05) is 4.88 Å². The van der Waals surface area contributed by atoms with Gasteiger partial charge in [-0.3, -0.25) is 0 Å². The maximum atomic E-state index is 10.7. The number of hydrogen-bond donors (Lipinski definition) is 1. The number of aromatic carboxylic acids is 1. The highest BCUT2D eigenvalue weighted by atomic mass is 32.1. The summed E-state index contributed by atoms with van der Waals surface area (Å²) in [7, 11) is 0. The summed E-state index contributed by atoms with van der Waals surface area (Å²) in [6.07, 6.45) is 0. The Morgan fingerprint density at radius 3 is 2.58 bits per heavy atom. The lowest BCUT2D eigenvalue weighted by molar-refractivity contribution is 0.0696. The lowest BCUT2D eigenvalue weighted by Crippen LogP contribution is -2.06. The second-order valence-corrected chi connectivity index (χ2v) is 4.84. The summed E-state index contributed by atoms with van der Waals surface area (Å²) < 4.78 is 10.9. The minimum absolute atomic E-state index is 0.251. The van der Waals surface area contributed by atoms with Crippen molar-refractivity contribution in [3.63, 3.8) is 0 Å². The van der Waals surface area contributed by atoms with Gasteiger partial charge >= 0.3 is 5.97 Å². The van der Waals surface area contributed by atoms with Gasteiger partial charge in [-0.05, 0) is 35.7 Å². The molecule has 0 saturated heterocycles. The number of carbonyl (C=O) groups is 1. The first kappa shape index (κ1) is 13.6. The van der Waals surface area contributed by atoms with Crippen LogP contribution in [-0.2, 0) is 11.3 Å². The fraction of sp³-hybridized carbons (Fsp3) is 0.214. The van der Waals surface area contributed by atoms with Gasteiger partial charge in [0.1, 0.15) is 12.4 Å². The SMILES string of the molecule is O=C(O)c1ccc(OCCOCc2cccs2)cc1. The summed E-state index contributed by atoms with van der Waals surface area (Å²) in [4.78, 5) is 11.9. The number of carboxylic acid groups (broad SMARTS) is 1. The fourth-order valence-electron chi connectivity index (χ4n) is 1.48. The summed E-state index contributed by atoms with van der Waals surface area (Å²) in [5.74, 6) is -0.296. The summed E-state index contributed by atoms with van der Waals surface area (Å²) in [6.45, 7) is 1.54. The average molecular weight is 278 g/mol. The summed E-state index contributed by atoms with van der Waals surface area (Å²) in [5, 5.41) is 10.8. The second-order valence-electron chi connectivity index (χ2n) is 3.81. The first-order valence-electron chi connectivity index (χ1n) is 5.82. The van der Waals surface area contributed by atoms with Crippen LogP contribution in [0.5, 0.6) is 5.75 Å². The molecule has 19 heavy (non-hydrogen) atoms. The zero-order valence-corrected chi connectivity index (χ0v) is 11.1. The van der Waals surface area contributed by atoms with E-state index in [9.17, 15) is 4.79 Å². The molecule has 0 aliphatic heterocycles. The zero-order valence-electron chi connectivity index (χ0n) is 10.2. The van der Waals surface area contributed by atoms with Gasteiger partial charge in [-0.1, -0.05) is 6.07 Å². The molecule has 2 rings (SSSR count). The molecule has 100 valence electrons. The molecule has 0 atom stereocenters. The molecule has 0 bridgehead atoms. The first-order chi connectivity index (χ1) is 9.25. The van der Waals surface area contributed by atoms with Crippen molar-refractivity contribution in [2.24, 2.45) is 0 Å². The van der Waals surface area contributed by atoms with E-state index in [2.05, 4.69) is 0 Å². The molecule has 1 heterocycles. The van der Waals surface area contributed by atoms with E-state index in [-0.39, 0.29) is 5.56 Å². The van der Waals surface area contributed by atoms with Crippen LogP contribution >= 0.6 is 11.3 Å². The van der Waals surface area contributed by atoms with Gasteiger partial charge in [-0.25, -0.2) is 4.79 Å². The third-order valence-electron chi connectivity index (χ3n) is 2.42. The minimum Gasteiger partial charge on any atom is -0.491 e. The van der Waals surface area contributed by atoms with Crippen molar-refractivity contribution in [2.75, 3.05) is 13.2 Å². The number of hydrogen-bond acceptors (Lipinski definition) is 4. The van der Waals surface area contributed by atoms with Crippen molar-refractivity contribution < 1.29 is 19.4 Å². The Morgan fingerprint density at radius 1 is 1.16 bits per heavy atom. The number of benzene rings is 1. The number of thiophene rings is 1. The molecule has 1 N–H and O–H groups in total. The Hall–Kier alpha value is -1.85. The van der Waals surface area contributed by atoms with E-state index < -0.39 is 5.97 Å². The van der Waals surface area contributed by atoms with Crippen LogP contribution < -0.4 is 4.74 Å². The Kier molecular flexibility index (Phi) is 4.94. The average Bonchev–Trinajstić information content (AvgIpc) is 2.92. The molecule has 1 aromatic carbocycles. The normalized spacial score (nSPS) is 10.3. The van der Waals surface area contributed by atoms with Gasteiger partial charge in [-0.2, -0.15) is 0 Å². The van der Waals surface area contributed by atoms with Gasteiger partial charge in [-0.15, -0.1) is 11.3 Å². The molecule has 0 aliphatic rings. The highest BCUT2D eigenvalue weighted by molar-refractivity contribution is 7.09. The number of carboxylic acids is 1. The Balaban J connectivity index is 1.66. The van der Waals surface area contributed by atoms with Crippen LogP contribution in [0.4, 0.5) is 0 Å². The zero-order chi connectivity index (χ0) is 13.5. The van der Waals surface area contributed by atoms with Crippen LogP contribution in [0, 0.1) is 0 Å². The largest absolute Gasteiger partial charge is 0.491 e. The maximum absolute atomic E-state index is 10.7. The molecule has 1 aromatic heterocycles. The van der Waals surface area contributed by atoms with Crippen molar-refractivity contribution >= 4 is 17.3 Å². The molecule has 0 unspecified atom stereocenters. The van der Waals surface area contributed by atoms with Crippen LogP contribution in [0.1, 0.15) is 15.2 Å². The van der Waals surface area contributed by atoms with E-state index in [0.29, 0.717) is 25.6 Å². The highest BCUT2D eigenvalue weighted by Crippen LogP contribution is 2.12. The van der Waals surface area contributed by atoms with E-state index in [1.54, 1.807) is 23.5 Å². The molecule has 0 saturated carbocycles. The fourth-order valence-corrected chi connectivity index (χ4v) is 2.12. The van der Waals surface area contributed by atoms with Crippen molar-refractivity contribution in [3.05, 3.63) is 52.2 Å². The Morgan fingerprint density at radius 2 is 1.95 bits per heavy atom. The molecule has 2 aromatic rings. The van der Waals surface area contributed by atoms with Gasteiger partial charge in [0.25, 0.3) is 0 Å². The van der Waals surface area contributed by atoms with Crippen LogP contribution in [-0.4, -0.2) is 24.3 Å². The predicted molar refractivity (Wildman–Crippen MR) is 72.9 cm³/mol. The van der Waals surface area contributed by atoms with Gasteiger partial charge in [0.2, 0.25) is 0 Å². The lowest BCUT2D eigenvalue weighted by atomic mass is 10.2. The standard InChI is InChI=1S/C14H14O4S/c15-14(16)11-3-5-12(6-4-11)18-8-7-17-10-13-2-1-9-19-13/h1-6,9H,7-8,10H2,(H,15,16). The summed E-state index contributed by atoms with van der Waals surface area (Å²) in [5.41, 5.74) is 0.251. The molecule has 0 amide bonds. The molecule has 0 radical (unpaired) electrons. The number of rotatable bonds is 7. The predicted octanol–water partition coefficient (Wildman–Crippen LogP) is 3.04. The topological polar surface area (TPSA) is 55.8 Å². The summed E-state index contributed by atoms with van der Waals surface area (Å²) >= 11 is 1.66. The van der Waals surface area contributed by atoms with Crippen molar-refractivity contribution in [3.8, 4) is 5.75 Å². The van der Waals surface area contributed by atoms with E-state index in [1.165, 1.54) is 17.0 Å². The lowest BCUT2D eigenvalue weighted by Gasteiger charge is -2.06. The van der Waals surface area contributed by atoms with Crippen LogP contribution in [0.3, 0.4) is 0 Å². The second kappa shape index (κ2) is 6.92. The highest BCUT2D eigenvalue weighted by Gasteiger charge is 2.02. The van der Waals surface area contributed by atoms with Crippen molar-refractivity contribution in [2.45, 2.75) is 6.61 Å². The molecular formula is C14H14O4S. The third kappa shape index (κ3) is 4.39. The van der Waals surface area contributed by atoms with E-state index in [4.69, 9.17) is 14.6 Å². The van der Waals surface area contributed by atoms with E-state index in [1.807, 2.05) is 17.5 Å². The smallest absolute Gasteiger partial charge is 0.335 e. The van der Waals surface area contributed by atoms with Crippen LogP contribution in [0.25, 0.3) is 0 Å². The molecule has 4 nitrogen and oxygen atoms in total. The van der Waals surface area contributed by atoms with E-state index >= 15 is 0 Å². The van der Waals surface area contributed by atoms with Crippen molar-refractivity contribution in [1.29, 1.82) is 0 Å².